The minimum absolute atomic E-state index is 0.101. The number of anilines is 1. The van der Waals surface area contributed by atoms with Crippen molar-refractivity contribution in [3.8, 4) is 6.07 Å². The van der Waals surface area contributed by atoms with E-state index in [4.69, 9.17) is 0 Å². The minimum atomic E-state index is -0.425. The molecule has 0 aliphatic carbocycles. The van der Waals surface area contributed by atoms with Gasteiger partial charge in [-0.15, -0.1) is 11.8 Å². The molecule has 0 bridgehead atoms. The van der Waals surface area contributed by atoms with Crippen LogP contribution in [0.2, 0.25) is 0 Å². The van der Waals surface area contributed by atoms with Crippen LogP contribution in [0.5, 0.6) is 0 Å². The lowest BCUT2D eigenvalue weighted by Crippen LogP contribution is -2.46. The molecule has 1 saturated heterocycles. The number of nitrogens with zero attached hydrogens (tertiary/aromatic N) is 1. The average Bonchev–Trinajstić information content (AvgIpc) is 2.67. The molecule has 138 valence electrons. The maximum Gasteiger partial charge on any atom is 0.234 e. The van der Waals surface area contributed by atoms with E-state index >= 15 is 0 Å². The summed E-state index contributed by atoms with van der Waals surface area (Å²) in [7, 11) is 0. The molecule has 3 unspecified atom stereocenters. The van der Waals surface area contributed by atoms with Gasteiger partial charge >= 0.3 is 0 Å². The van der Waals surface area contributed by atoms with Gasteiger partial charge in [-0.3, -0.25) is 9.59 Å². The third-order valence-corrected chi connectivity index (χ3v) is 6.09. The van der Waals surface area contributed by atoms with Gasteiger partial charge in [-0.2, -0.15) is 5.26 Å². The molecule has 1 aliphatic heterocycles. The molecule has 2 amide bonds. The van der Waals surface area contributed by atoms with Gasteiger partial charge in [-0.05, 0) is 29.8 Å². The minimum Gasteiger partial charge on any atom is -0.343 e. The fraction of sp³-hybridized carbons (Fsp3) is 0.250. The van der Waals surface area contributed by atoms with Crippen molar-refractivity contribution in [2.75, 3.05) is 11.1 Å². The predicted molar refractivity (Wildman–Crippen MR) is 110 cm³/mol. The number of hydrogen-bond donors (Lipinski definition) is 2. The van der Waals surface area contributed by atoms with E-state index in [0.29, 0.717) is 0 Å². The second kappa shape index (κ2) is 9.07. The van der Waals surface area contributed by atoms with Crippen LogP contribution >= 0.6 is 27.7 Å². The molecular weight excluding hydrogens is 426 g/mol. The zero-order valence-corrected chi connectivity index (χ0v) is 16.8. The summed E-state index contributed by atoms with van der Waals surface area (Å²) in [5.74, 6) is -0.700. The van der Waals surface area contributed by atoms with E-state index in [1.807, 2.05) is 54.6 Å². The fourth-order valence-electron chi connectivity index (χ4n) is 3.07. The third kappa shape index (κ3) is 5.12. The number of para-hydroxylation sites is 1. The lowest BCUT2D eigenvalue weighted by molar-refractivity contribution is -0.123. The van der Waals surface area contributed by atoms with Crippen LogP contribution in [-0.4, -0.2) is 22.9 Å². The highest BCUT2D eigenvalue weighted by Gasteiger charge is 2.38. The van der Waals surface area contributed by atoms with Gasteiger partial charge in [0.25, 0.3) is 0 Å². The predicted octanol–water partition coefficient (Wildman–Crippen LogP) is 3.89. The smallest absolute Gasteiger partial charge is 0.234 e. The first-order chi connectivity index (χ1) is 13.1. The molecule has 5 nitrogen and oxygen atoms in total. The van der Waals surface area contributed by atoms with Crippen molar-refractivity contribution in [1.29, 1.82) is 5.26 Å². The van der Waals surface area contributed by atoms with Crippen LogP contribution in [0.4, 0.5) is 5.69 Å². The molecule has 1 fully saturated rings. The Balaban J connectivity index is 1.66. The molecule has 2 aromatic rings. The molecule has 3 rings (SSSR count). The monoisotopic (exact) mass is 443 g/mol. The SMILES string of the molecule is N#CC1C(SCC(=O)Nc2ccccc2)NC(=O)CC1c1ccc(Br)cc1. The van der Waals surface area contributed by atoms with E-state index in [-0.39, 0.29) is 29.9 Å². The number of piperidine rings is 1. The third-order valence-electron chi connectivity index (χ3n) is 4.37. The lowest BCUT2D eigenvalue weighted by atomic mass is 9.81. The Morgan fingerprint density at radius 3 is 2.59 bits per heavy atom. The second-order valence-electron chi connectivity index (χ2n) is 6.23. The summed E-state index contributed by atoms with van der Waals surface area (Å²) in [5, 5.41) is 15.0. The summed E-state index contributed by atoms with van der Waals surface area (Å²) in [6.07, 6.45) is 0.271. The van der Waals surface area contributed by atoms with Gasteiger partial charge in [-0.25, -0.2) is 0 Å². The van der Waals surface area contributed by atoms with Crippen molar-refractivity contribution >= 4 is 45.2 Å². The lowest BCUT2D eigenvalue weighted by Gasteiger charge is -2.34. The number of halogens is 1. The highest BCUT2D eigenvalue weighted by molar-refractivity contribution is 9.10. The number of rotatable bonds is 5. The maximum absolute atomic E-state index is 12.2. The van der Waals surface area contributed by atoms with Gasteiger partial charge in [0, 0.05) is 22.5 Å². The van der Waals surface area contributed by atoms with Gasteiger partial charge in [0.2, 0.25) is 11.8 Å². The van der Waals surface area contributed by atoms with E-state index in [1.54, 1.807) is 0 Å². The molecule has 3 atom stereocenters. The van der Waals surface area contributed by atoms with Crippen LogP contribution in [0.3, 0.4) is 0 Å². The van der Waals surface area contributed by atoms with E-state index in [9.17, 15) is 14.9 Å². The van der Waals surface area contributed by atoms with Crippen molar-refractivity contribution in [2.45, 2.75) is 17.7 Å². The molecule has 2 N–H and O–H groups in total. The zero-order chi connectivity index (χ0) is 19.2. The number of nitriles is 1. The molecule has 0 aromatic heterocycles. The molecule has 27 heavy (non-hydrogen) atoms. The molecule has 0 radical (unpaired) electrons. The summed E-state index contributed by atoms with van der Waals surface area (Å²) >= 11 is 4.69. The second-order valence-corrected chi connectivity index (χ2v) is 8.28. The Morgan fingerprint density at radius 1 is 1.22 bits per heavy atom. The summed E-state index contributed by atoms with van der Waals surface area (Å²) in [6, 6.07) is 19.2. The van der Waals surface area contributed by atoms with E-state index < -0.39 is 11.3 Å². The summed E-state index contributed by atoms with van der Waals surface area (Å²) in [5.41, 5.74) is 1.68. The Bertz CT molecular complexity index is 852. The Morgan fingerprint density at radius 2 is 1.93 bits per heavy atom. The average molecular weight is 444 g/mol. The molecule has 2 aromatic carbocycles. The number of thioether (sulfide) groups is 1. The van der Waals surface area contributed by atoms with Crippen LogP contribution in [0.25, 0.3) is 0 Å². The standard InChI is InChI=1S/C20H18BrN3O2S/c21-14-8-6-13(7-9-14)16-10-18(25)24-20(17(16)11-22)27-12-19(26)23-15-4-2-1-3-5-15/h1-9,16-17,20H,10,12H2,(H,23,26)(H,24,25). The normalized spacial score (nSPS) is 21.8. The molecule has 1 heterocycles. The highest BCUT2D eigenvalue weighted by atomic mass is 79.9. The van der Waals surface area contributed by atoms with Crippen molar-refractivity contribution in [2.24, 2.45) is 5.92 Å². The molecule has 0 spiro atoms. The van der Waals surface area contributed by atoms with Crippen LogP contribution in [0.15, 0.2) is 59.1 Å². The molecular formula is C20H18BrN3O2S. The Hall–Kier alpha value is -2.30. The number of amides is 2. The zero-order valence-electron chi connectivity index (χ0n) is 14.4. The first-order valence-corrected chi connectivity index (χ1v) is 10.3. The van der Waals surface area contributed by atoms with Gasteiger partial charge in [0.05, 0.1) is 23.1 Å². The molecule has 1 aliphatic rings. The molecule has 7 heteroatoms. The fourth-order valence-corrected chi connectivity index (χ4v) is 4.41. The van der Waals surface area contributed by atoms with E-state index in [1.165, 1.54) is 11.8 Å². The maximum atomic E-state index is 12.2. The van der Waals surface area contributed by atoms with Gasteiger partial charge in [-0.1, -0.05) is 46.3 Å². The Labute approximate surface area is 170 Å². The number of carbonyl (C=O) groups is 2. The van der Waals surface area contributed by atoms with Crippen molar-refractivity contribution in [1.82, 2.24) is 5.32 Å². The van der Waals surface area contributed by atoms with Crippen LogP contribution in [0.1, 0.15) is 17.9 Å². The van der Waals surface area contributed by atoms with Gasteiger partial charge in [0.1, 0.15) is 0 Å². The van der Waals surface area contributed by atoms with Gasteiger partial charge < -0.3 is 10.6 Å². The van der Waals surface area contributed by atoms with E-state index in [0.717, 1.165) is 15.7 Å². The Kier molecular flexibility index (Phi) is 6.54. The van der Waals surface area contributed by atoms with Crippen LogP contribution in [-0.2, 0) is 9.59 Å². The number of carbonyl (C=O) groups excluding carboxylic acids is 2. The largest absolute Gasteiger partial charge is 0.343 e. The summed E-state index contributed by atoms with van der Waals surface area (Å²) in [6.45, 7) is 0. The van der Waals surface area contributed by atoms with Crippen LogP contribution in [0, 0.1) is 17.2 Å². The van der Waals surface area contributed by atoms with Gasteiger partial charge in [0.15, 0.2) is 0 Å². The first-order valence-electron chi connectivity index (χ1n) is 8.48. The van der Waals surface area contributed by atoms with Crippen molar-refractivity contribution < 1.29 is 9.59 Å². The molecule has 0 saturated carbocycles. The van der Waals surface area contributed by atoms with Crippen molar-refractivity contribution in [3.63, 3.8) is 0 Å². The number of benzene rings is 2. The van der Waals surface area contributed by atoms with Crippen molar-refractivity contribution in [3.05, 3.63) is 64.6 Å². The first kappa shape index (κ1) is 19.5. The topological polar surface area (TPSA) is 82.0 Å². The highest BCUT2D eigenvalue weighted by Crippen LogP contribution is 2.37. The van der Waals surface area contributed by atoms with E-state index in [2.05, 4.69) is 32.6 Å². The number of nitrogens with one attached hydrogen (secondary N) is 2. The summed E-state index contributed by atoms with van der Waals surface area (Å²) < 4.78 is 0.948. The summed E-state index contributed by atoms with van der Waals surface area (Å²) in [4.78, 5) is 24.4. The van der Waals surface area contributed by atoms with Crippen LogP contribution < -0.4 is 10.6 Å². The number of hydrogen-bond acceptors (Lipinski definition) is 4. The quantitative estimate of drug-likeness (QED) is 0.733.